The predicted molar refractivity (Wildman–Crippen MR) is 99.9 cm³/mol. The summed E-state index contributed by atoms with van der Waals surface area (Å²) in [6.07, 6.45) is 1.74. The third-order valence-electron chi connectivity index (χ3n) is 3.81. The summed E-state index contributed by atoms with van der Waals surface area (Å²) in [7, 11) is 0. The van der Waals surface area contributed by atoms with Crippen molar-refractivity contribution in [3.05, 3.63) is 40.2 Å². The molecule has 3 aromatic rings. The number of thiazole rings is 1. The van der Waals surface area contributed by atoms with Gasteiger partial charge in [0.25, 0.3) is 5.89 Å². The lowest BCUT2D eigenvalue weighted by atomic mass is 10.2. The highest BCUT2D eigenvalue weighted by Crippen LogP contribution is 2.26. The zero-order valence-electron chi connectivity index (χ0n) is 15.1. The van der Waals surface area contributed by atoms with E-state index in [0.29, 0.717) is 17.6 Å². The molecule has 1 unspecified atom stereocenters. The maximum atomic E-state index is 5.36. The first-order valence-corrected chi connectivity index (χ1v) is 9.34. The van der Waals surface area contributed by atoms with E-state index in [9.17, 15) is 0 Å². The maximum absolute atomic E-state index is 5.36. The van der Waals surface area contributed by atoms with Gasteiger partial charge in [0, 0.05) is 29.0 Å². The molecule has 6 nitrogen and oxygen atoms in total. The maximum Gasteiger partial charge on any atom is 0.258 e. The Kier molecular flexibility index (Phi) is 5.13. The molecule has 7 heteroatoms. The van der Waals surface area contributed by atoms with E-state index < -0.39 is 0 Å². The van der Waals surface area contributed by atoms with Gasteiger partial charge in [-0.05, 0) is 19.1 Å². The van der Waals surface area contributed by atoms with E-state index in [2.05, 4.69) is 46.6 Å². The fourth-order valence-electron chi connectivity index (χ4n) is 2.29. The fourth-order valence-corrected chi connectivity index (χ4v) is 3.22. The SMILES string of the molecule is CC(C)c1noc(-c2ccnc(NC(C)c3csc(C(C)C)n3)c2)n1. The first kappa shape index (κ1) is 17.5. The van der Waals surface area contributed by atoms with Crippen molar-refractivity contribution in [1.82, 2.24) is 20.1 Å². The summed E-state index contributed by atoms with van der Waals surface area (Å²) in [6.45, 7) is 10.5. The third kappa shape index (κ3) is 4.04. The van der Waals surface area contributed by atoms with Crippen molar-refractivity contribution in [3.63, 3.8) is 0 Å². The standard InChI is InChI=1S/C18H23N5OS/c1-10(2)16-22-17(24-23-16)13-6-7-19-15(8-13)20-12(5)14-9-25-18(21-14)11(3)4/h6-12H,1-5H3,(H,19,20). The van der Waals surface area contributed by atoms with Gasteiger partial charge in [-0.1, -0.05) is 32.9 Å². The van der Waals surface area contributed by atoms with Gasteiger partial charge in [0.2, 0.25) is 0 Å². The zero-order valence-corrected chi connectivity index (χ0v) is 16.0. The molecule has 0 aliphatic heterocycles. The molecule has 3 rings (SSSR count). The van der Waals surface area contributed by atoms with Crippen molar-refractivity contribution in [2.75, 3.05) is 5.32 Å². The monoisotopic (exact) mass is 357 g/mol. The van der Waals surface area contributed by atoms with Crippen LogP contribution in [0.2, 0.25) is 0 Å². The molecule has 0 aliphatic rings. The Morgan fingerprint density at radius 2 is 1.88 bits per heavy atom. The Labute approximate surface area is 151 Å². The van der Waals surface area contributed by atoms with Crippen molar-refractivity contribution in [2.45, 2.75) is 52.5 Å². The van der Waals surface area contributed by atoms with Crippen LogP contribution in [0.4, 0.5) is 5.82 Å². The number of pyridine rings is 1. The van der Waals surface area contributed by atoms with E-state index in [1.54, 1.807) is 17.5 Å². The van der Waals surface area contributed by atoms with Crippen LogP contribution in [0.3, 0.4) is 0 Å². The second kappa shape index (κ2) is 7.31. The molecule has 3 heterocycles. The number of nitrogens with one attached hydrogen (secondary N) is 1. The van der Waals surface area contributed by atoms with E-state index in [1.807, 2.05) is 26.0 Å². The second-order valence-corrected chi connectivity index (χ2v) is 7.56. The number of aromatic nitrogens is 4. The largest absolute Gasteiger partial charge is 0.362 e. The number of nitrogens with zero attached hydrogens (tertiary/aromatic N) is 4. The molecule has 0 bridgehead atoms. The molecule has 132 valence electrons. The molecule has 0 saturated carbocycles. The van der Waals surface area contributed by atoms with Crippen LogP contribution in [0, 0.1) is 0 Å². The molecule has 0 spiro atoms. The average molecular weight is 357 g/mol. The van der Waals surface area contributed by atoms with E-state index in [1.165, 1.54) is 0 Å². The lowest BCUT2D eigenvalue weighted by Crippen LogP contribution is -2.08. The van der Waals surface area contributed by atoms with Crippen LogP contribution >= 0.6 is 11.3 Å². The lowest BCUT2D eigenvalue weighted by molar-refractivity contribution is 0.419. The smallest absolute Gasteiger partial charge is 0.258 e. The Balaban J connectivity index is 1.76. The van der Waals surface area contributed by atoms with Crippen LogP contribution in [0.5, 0.6) is 0 Å². The molecule has 0 radical (unpaired) electrons. The molecule has 3 aromatic heterocycles. The highest BCUT2D eigenvalue weighted by molar-refractivity contribution is 7.09. The number of anilines is 1. The van der Waals surface area contributed by atoms with Crippen LogP contribution in [-0.2, 0) is 0 Å². The van der Waals surface area contributed by atoms with Crippen LogP contribution in [0.15, 0.2) is 28.2 Å². The molecule has 0 amide bonds. The summed E-state index contributed by atoms with van der Waals surface area (Å²) < 4.78 is 5.36. The highest BCUT2D eigenvalue weighted by atomic mass is 32.1. The van der Waals surface area contributed by atoms with Gasteiger partial charge in [-0.25, -0.2) is 9.97 Å². The Hall–Kier alpha value is -2.28. The molecule has 25 heavy (non-hydrogen) atoms. The summed E-state index contributed by atoms with van der Waals surface area (Å²) in [6, 6.07) is 3.86. The molecule has 0 aliphatic carbocycles. The van der Waals surface area contributed by atoms with Gasteiger partial charge < -0.3 is 9.84 Å². The molecule has 1 N–H and O–H groups in total. The molecular formula is C18H23N5OS. The van der Waals surface area contributed by atoms with E-state index >= 15 is 0 Å². The van der Waals surface area contributed by atoms with E-state index in [0.717, 1.165) is 22.1 Å². The molecule has 0 aromatic carbocycles. The molecular weight excluding hydrogens is 334 g/mol. The Bertz CT molecular complexity index is 839. The molecule has 1 atom stereocenters. The Morgan fingerprint density at radius 3 is 2.52 bits per heavy atom. The number of hydrogen-bond acceptors (Lipinski definition) is 7. The first-order valence-electron chi connectivity index (χ1n) is 8.46. The quantitative estimate of drug-likeness (QED) is 0.668. The van der Waals surface area contributed by atoms with Gasteiger partial charge in [-0.3, -0.25) is 0 Å². The van der Waals surface area contributed by atoms with Crippen molar-refractivity contribution < 1.29 is 4.52 Å². The normalized spacial score (nSPS) is 12.8. The average Bonchev–Trinajstić information content (AvgIpc) is 3.25. The van der Waals surface area contributed by atoms with E-state index in [-0.39, 0.29) is 12.0 Å². The topological polar surface area (TPSA) is 76.7 Å². The first-order chi connectivity index (χ1) is 11.9. The molecule has 0 saturated heterocycles. The van der Waals surface area contributed by atoms with E-state index in [4.69, 9.17) is 9.51 Å². The summed E-state index contributed by atoms with van der Waals surface area (Å²) in [5, 5.41) is 10.7. The van der Waals surface area contributed by atoms with Crippen LogP contribution in [-0.4, -0.2) is 20.1 Å². The second-order valence-electron chi connectivity index (χ2n) is 6.67. The van der Waals surface area contributed by atoms with Crippen molar-refractivity contribution >= 4 is 17.2 Å². The summed E-state index contributed by atoms with van der Waals surface area (Å²) >= 11 is 1.70. The minimum atomic E-state index is 0.0698. The van der Waals surface area contributed by atoms with Crippen LogP contribution in [0.25, 0.3) is 11.5 Å². The van der Waals surface area contributed by atoms with Gasteiger partial charge >= 0.3 is 0 Å². The number of rotatable bonds is 6. The van der Waals surface area contributed by atoms with Crippen molar-refractivity contribution in [3.8, 4) is 11.5 Å². The van der Waals surface area contributed by atoms with Gasteiger partial charge in [0.05, 0.1) is 16.7 Å². The van der Waals surface area contributed by atoms with Gasteiger partial charge in [0.15, 0.2) is 5.82 Å². The third-order valence-corrected chi connectivity index (χ3v) is 4.97. The van der Waals surface area contributed by atoms with Gasteiger partial charge in [-0.15, -0.1) is 11.3 Å². The zero-order chi connectivity index (χ0) is 18.0. The van der Waals surface area contributed by atoms with Gasteiger partial charge in [0.1, 0.15) is 5.82 Å². The lowest BCUT2D eigenvalue weighted by Gasteiger charge is -2.12. The summed E-state index contributed by atoms with van der Waals surface area (Å²) in [4.78, 5) is 13.5. The molecule has 0 fully saturated rings. The number of hydrogen-bond donors (Lipinski definition) is 1. The Morgan fingerprint density at radius 1 is 1.08 bits per heavy atom. The minimum Gasteiger partial charge on any atom is -0.362 e. The van der Waals surface area contributed by atoms with Crippen molar-refractivity contribution in [1.29, 1.82) is 0 Å². The van der Waals surface area contributed by atoms with Crippen molar-refractivity contribution in [2.24, 2.45) is 0 Å². The predicted octanol–water partition coefficient (Wildman–Crippen LogP) is 5.01. The summed E-state index contributed by atoms with van der Waals surface area (Å²) in [5.74, 6) is 2.65. The fraction of sp³-hybridized carbons (Fsp3) is 0.444. The van der Waals surface area contributed by atoms with Gasteiger partial charge in [-0.2, -0.15) is 4.98 Å². The van der Waals surface area contributed by atoms with Crippen LogP contribution in [0.1, 0.15) is 69.0 Å². The minimum absolute atomic E-state index is 0.0698. The highest BCUT2D eigenvalue weighted by Gasteiger charge is 2.15. The summed E-state index contributed by atoms with van der Waals surface area (Å²) in [5.41, 5.74) is 1.88. The van der Waals surface area contributed by atoms with Crippen LogP contribution < -0.4 is 5.32 Å².